The standard InChI is InChI=1S/C13H18N2O3/c14-7-8-15(9-3-1-4-9)13(18)12-10(16)5-2-6-11(12)17/h2,5-6,9,16-17H,1,3-4,7-8,14H2. The molecular weight excluding hydrogens is 232 g/mol. The number of carbonyl (C=O) groups is 1. The minimum absolute atomic E-state index is 0.0298. The molecule has 0 atom stereocenters. The summed E-state index contributed by atoms with van der Waals surface area (Å²) < 4.78 is 0. The molecule has 0 bridgehead atoms. The van der Waals surface area contributed by atoms with Gasteiger partial charge in [-0.15, -0.1) is 0 Å². The van der Waals surface area contributed by atoms with Gasteiger partial charge in [-0.1, -0.05) is 6.07 Å². The second-order valence-corrected chi connectivity index (χ2v) is 4.54. The zero-order chi connectivity index (χ0) is 13.1. The number of hydrogen-bond donors (Lipinski definition) is 3. The molecule has 0 spiro atoms. The second kappa shape index (κ2) is 5.27. The van der Waals surface area contributed by atoms with Crippen molar-refractivity contribution in [1.82, 2.24) is 4.90 Å². The van der Waals surface area contributed by atoms with Crippen LogP contribution in [0.3, 0.4) is 0 Å². The summed E-state index contributed by atoms with van der Waals surface area (Å²) in [5.74, 6) is -0.733. The predicted octanol–water partition coefficient (Wildman–Crippen LogP) is 1.05. The lowest BCUT2D eigenvalue weighted by molar-refractivity contribution is 0.0582. The van der Waals surface area contributed by atoms with Gasteiger partial charge in [0, 0.05) is 19.1 Å². The van der Waals surface area contributed by atoms with Gasteiger partial charge in [-0.25, -0.2) is 0 Å². The van der Waals surface area contributed by atoms with Crippen molar-refractivity contribution in [3.63, 3.8) is 0 Å². The van der Waals surface area contributed by atoms with E-state index in [4.69, 9.17) is 5.73 Å². The first-order chi connectivity index (χ1) is 8.65. The maximum absolute atomic E-state index is 12.4. The molecule has 0 saturated heterocycles. The van der Waals surface area contributed by atoms with Crippen LogP contribution < -0.4 is 5.73 Å². The highest BCUT2D eigenvalue weighted by molar-refractivity contribution is 5.99. The van der Waals surface area contributed by atoms with E-state index >= 15 is 0 Å². The Kier molecular flexibility index (Phi) is 3.72. The Labute approximate surface area is 106 Å². The van der Waals surface area contributed by atoms with Gasteiger partial charge in [-0.3, -0.25) is 4.79 Å². The van der Waals surface area contributed by atoms with Gasteiger partial charge in [0.2, 0.25) is 0 Å². The first-order valence-corrected chi connectivity index (χ1v) is 6.17. The largest absolute Gasteiger partial charge is 0.507 e. The molecule has 1 aromatic rings. The molecule has 5 nitrogen and oxygen atoms in total. The summed E-state index contributed by atoms with van der Waals surface area (Å²) in [5.41, 5.74) is 5.49. The SMILES string of the molecule is NCCN(C(=O)c1c(O)cccc1O)C1CCC1. The van der Waals surface area contributed by atoms with Crippen LogP contribution in [-0.2, 0) is 0 Å². The van der Waals surface area contributed by atoms with Crippen LogP contribution in [-0.4, -0.2) is 40.2 Å². The monoisotopic (exact) mass is 250 g/mol. The third-order valence-electron chi connectivity index (χ3n) is 3.38. The van der Waals surface area contributed by atoms with E-state index in [-0.39, 0.29) is 29.0 Å². The lowest BCUT2D eigenvalue weighted by atomic mass is 9.91. The van der Waals surface area contributed by atoms with Crippen LogP contribution in [0.5, 0.6) is 11.5 Å². The number of nitrogens with two attached hydrogens (primary N) is 1. The van der Waals surface area contributed by atoms with E-state index in [1.165, 1.54) is 18.2 Å². The number of nitrogens with zero attached hydrogens (tertiary/aromatic N) is 1. The van der Waals surface area contributed by atoms with Crippen molar-refractivity contribution in [1.29, 1.82) is 0 Å². The summed E-state index contributed by atoms with van der Waals surface area (Å²) in [6.07, 6.45) is 3.02. The number of phenols is 2. The van der Waals surface area contributed by atoms with Gasteiger partial charge in [-0.05, 0) is 31.4 Å². The number of amides is 1. The molecule has 0 heterocycles. The maximum atomic E-state index is 12.4. The summed E-state index contributed by atoms with van der Waals surface area (Å²) >= 11 is 0. The maximum Gasteiger partial charge on any atom is 0.261 e. The molecule has 1 saturated carbocycles. The third kappa shape index (κ3) is 2.26. The highest BCUT2D eigenvalue weighted by Gasteiger charge is 2.31. The fraction of sp³-hybridized carbons (Fsp3) is 0.462. The molecule has 0 aliphatic heterocycles. The van der Waals surface area contributed by atoms with E-state index in [0.717, 1.165) is 19.3 Å². The van der Waals surface area contributed by atoms with E-state index in [1.807, 2.05) is 0 Å². The molecule has 98 valence electrons. The number of benzene rings is 1. The number of rotatable bonds is 4. The lowest BCUT2D eigenvalue weighted by Crippen LogP contribution is -2.46. The molecule has 1 amide bonds. The lowest BCUT2D eigenvalue weighted by Gasteiger charge is -2.37. The second-order valence-electron chi connectivity index (χ2n) is 4.54. The smallest absolute Gasteiger partial charge is 0.261 e. The minimum atomic E-state index is -0.347. The van der Waals surface area contributed by atoms with Crippen LogP contribution in [0.15, 0.2) is 18.2 Å². The van der Waals surface area contributed by atoms with Crippen LogP contribution in [0.25, 0.3) is 0 Å². The quantitative estimate of drug-likeness (QED) is 0.745. The molecule has 4 N–H and O–H groups in total. The van der Waals surface area contributed by atoms with Crippen molar-refractivity contribution < 1.29 is 15.0 Å². The van der Waals surface area contributed by atoms with Gasteiger partial charge < -0.3 is 20.8 Å². The molecule has 5 heteroatoms. The molecule has 1 aliphatic rings. The van der Waals surface area contributed by atoms with Crippen molar-refractivity contribution in [2.24, 2.45) is 5.73 Å². The molecule has 0 aromatic heterocycles. The van der Waals surface area contributed by atoms with Gasteiger partial charge in [0.25, 0.3) is 5.91 Å². The Balaban J connectivity index is 2.27. The first kappa shape index (κ1) is 12.7. The van der Waals surface area contributed by atoms with Crippen LogP contribution in [0.1, 0.15) is 29.6 Å². The topological polar surface area (TPSA) is 86.8 Å². The first-order valence-electron chi connectivity index (χ1n) is 6.17. The van der Waals surface area contributed by atoms with Crippen LogP contribution >= 0.6 is 0 Å². The van der Waals surface area contributed by atoms with Gasteiger partial charge in [0.05, 0.1) is 0 Å². The average molecular weight is 250 g/mol. The van der Waals surface area contributed by atoms with Crippen LogP contribution in [0, 0.1) is 0 Å². The van der Waals surface area contributed by atoms with E-state index < -0.39 is 0 Å². The summed E-state index contributed by atoms with van der Waals surface area (Å²) in [6.45, 7) is 0.813. The minimum Gasteiger partial charge on any atom is -0.507 e. The number of hydrogen-bond acceptors (Lipinski definition) is 4. The van der Waals surface area contributed by atoms with Gasteiger partial charge >= 0.3 is 0 Å². The molecular formula is C13H18N2O3. The Morgan fingerprint density at radius 3 is 2.39 bits per heavy atom. The van der Waals surface area contributed by atoms with E-state index in [0.29, 0.717) is 13.1 Å². The summed E-state index contributed by atoms with van der Waals surface area (Å²) in [5, 5.41) is 19.4. The van der Waals surface area contributed by atoms with Crippen LogP contribution in [0.2, 0.25) is 0 Å². The highest BCUT2D eigenvalue weighted by atomic mass is 16.3. The molecule has 1 aromatic carbocycles. The Hall–Kier alpha value is -1.75. The summed E-state index contributed by atoms with van der Waals surface area (Å²) in [7, 11) is 0. The molecule has 1 fully saturated rings. The summed E-state index contributed by atoms with van der Waals surface area (Å²) in [4.78, 5) is 14.0. The number of aromatic hydroxyl groups is 2. The zero-order valence-corrected chi connectivity index (χ0v) is 10.2. The Morgan fingerprint density at radius 2 is 1.94 bits per heavy atom. The predicted molar refractivity (Wildman–Crippen MR) is 67.5 cm³/mol. The van der Waals surface area contributed by atoms with E-state index in [1.54, 1.807) is 4.90 Å². The van der Waals surface area contributed by atoms with Gasteiger partial charge in [0.15, 0.2) is 0 Å². The fourth-order valence-corrected chi connectivity index (χ4v) is 2.18. The van der Waals surface area contributed by atoms with Crippen molar-refractivity contribution in [3.8, 4) is 11.5 Å². The van der Waals surface area contributed by atoms with E-state index in [9.17, 15) is 15.0 Å². The third-order valence-corrected chi connectivity index (χ3v) is 3.38. The number of carbonyl (C=O) groups excluding carboxylic acids is 1. The van der Waals surface area contributed by atoms with Crippen molar-refractivity contribution >= 4 is 5.91 Å². The molecule has 0 unspecified atom stereocenters. The average Bonchev–Trinajstić information content (AvgIpc) is 2.25. The molecule has 0 radical (unpaired) electrons. The fourth-order valence-electron chi connectivity index (χ4n) is 2.18. The molecule has 1 aliphatic carbocycles. The highest BCUT2D eigenvalue weighted by Crippen LogP contribution is 2.31. The van der Waals surface area contributed by atoms with Crippen LogP contribution in [0.4, 0.5) is 0 Å². The number of phenolic OH excluding ortho intramolecular Hbond substituents is 2. The van der Waals surface area contributed by atoms with E-state index in [2.05, 4.69) is 0 Å². The Bertz CT molecular complexity index is 424. The van der Waals surface area contributed by atoms with Crippen molar-refractivity contribution in [3.05, 3.63) is 23.8 Å². The van der Waals surface area contributed by atoms with Gasteiger partial charge in [-0.2, -0.15) is 0 Å². The van der Waals surface area contributed by atoms with Crippen molar-refractivity contribution in [2.75, 3.05) is 13.1 Å². The van der Waals surface area contributed by atoms with Gasteiger partial charge in [0.1, 0.15) is 17.1 Å². The molecule has 18 heavy (non-hydrogen) atoms. The molecule has 2 rings (SSSR count). The van der Waals surface area contributed by atoms with Crippen molar-refractivity contribution in [2.45, 2.75) is 25.3 Å². The zero-order valence-electron chi connectivity index (χ0n) is 10.2. The summed E-state index contributed by atoms with van der Waals surface area (Å²) in [6, 6.07) is 4.47. The normalized spacial score (nSPS) is 15.2. The Morgan fingerprint density at radius 1 is 1.33 bits per heavy atom.